The van der Waals surface area contributed by atoms with Crippen molar-refractivity contribution in [2.24, 2.45) is 0 Å². The van der Waals surface area contributed by atoms with Crippen molar-refractivity contribution < 1.29 is 23.6 Å². The molecule has 0 aromatic heterocycles. The molecule has 0 saturated heterocycles. The topological polar surface area (TPSA) is 68.2 Å². The third-order valence-corrected chi connectivity index (χ3v) is 9.31. The largest absolute Gasteiger partial charge is 0.504 e. The summed E-state index contributed by atoms with van der Waals surface area (Å²) in [5.41, 5.74) is 2.34. The number of thiol groups is 1. The van der Waals surface area contributed by atoms with E-state index in [-0.39, 0.29) is 11.5 Å². The second kappa shape index (κ2) is 11.4. The van der Waals surface area contributed by atoms with Crippen LogP contribution in [0.5, 0.6) is 23.0 Å². The number of phenolic OH excluding ortho intramolecular Hbond substituents is 2. The smallest absolute Gasteiger partial charge is 0.262 e. The van der Waals surface area contributed by atoms with E-state index in [1.54, 1.807) is 26.4 Å². The first kappa shape index (κ1) is 23.4. The zero-order chi connectivity index (χ0) is 21.3. The minimum Gasteiger partial charge on any atom is -0.504 e. The van der Waals surface area contributed by atoms with Gasteiger partial charge in [-0.05, 0) is 80.2 Å². The van der Waals surface area contributed by atoms with Crippen molar-refractivity contribution >= 4 is 20.4 Å². The van der Waals surface area contributed by atoms with E-state index in [1.807, 2.05) is 24.3 Å². The van der Waals surface area contributed by atoms with Gasteiger partial charge in [0.15, 0.2) is 23.0 Å². The Balaban J connectivity index is 1.66. The molecular formula is C22H33O5SSi+. The van der Waals surface area contributed by atoms with Crippen LogP contribution in [0.3, 0.4) is 0 Å². The first-order chi connectivity index (χ1) is 13.8. The van der Waals surface area contributed by atoms with Crippen molar-refractivity contribution in [1.29, 1.82) is 0 Å². The highest BCUT2D eigenvalue weighted by atomic mass is 32.2. The molecule has 0 heterocycles. The third kappa shape index (κ3) is 7.83. The predicted octanol–water partition coefficient (Wildman–Crippen LogP) is 4.63. The Bertz CT molecular complexity index is 782. The van der Waals surface area contributed by atoms with Crippen molar-refractivity contribution in [3.8, 4) is 23.0 Å². The maximum absolute atomic E-state index is 9.69. The Morgan fingerprint density at radius 2 is 1.34 bits per heavy atom. The molecule has 0 unspecified atom stereocenters. The highest BCUT2D eigenvalue weighted by Crippen LogP contribution is 2.28. The molecule has 0 spiro atoms. The standard InChI is InChI=1S/C22H32O5SSi/c1-25-21-15-17(9-11-19(21)23)7-5-13-28-27-29(3,4)14-6-8-18-10-12-20(24)22(16-18)26-2/h9-12,15-16,23-24H,5-8,13-14H2,1-4H3/p+1. The zero-order valence-electron chi connectivity index (χ0n) is 17.8. The lowest BCUT2D eigenvalue weighted by atomic mass is 10.1. The van der Waals surface area contributed by atoms with Gasteiger partial charge in [0, 0.05) is 0 Å². The van der Waals surface area contributed by atoms with Crippen LogP contribution in [0.1, 0.15) is 24.0 Å². The number of hydrogen-bond acceptors (Lipinski definition) is 5. The molecule has 5 nitrogen and oxygen atoms in total. The second-order valence-electron chi connectivity index (χ2n) is 7.67. The van der Waals surface area contributed by atoms with Crippen LogP contribution in [-0.4, -0.2) is 38.5 Å². The van der Waals surface area contributed by atoms with Gasteiger partial charge in [0.25, 0.3) is 8.32 Å². The van der Waals surface area contributed by atoms with E-state index in [0.29, 0.717) is 11.5 Å². The molecule has 0 radical (unpaired) electrons. The van der Waals surface area contributed by atoms with E-state index in [2.05, 4.69) is 13.1 Å². The van der Waals surface area contributed by atoms with Crippen molar-refractivity contribution in [1.82, 2.24) is 0 Å². The normalized spacial score (nSPS) is 11.4. The summed E-state index contributed by atoms with van der Waals surface area (Å²) in [6.07, 6.45) is 4.00. The van der Waals surface area contributed by atoms with Crippen molar-refractivity contribution in [3.63, 3.8) is 0 Å². The molecule has 0 saturated carbocycles. The van der Waals surface area contributed by atoms with E-state index in [1.165, 1.54) is 5.56 Å². The van der Waals surface area contributed by atoms with Gasteiger partial charge in [-0.1, -0.05) is 12.1 Å². The molecule has 0 aliphatic heterocycles. The lowest BCUT2D eigenvalue weighted by molar-refractivity contribution is 0.373. The minimum atomic E-state index is -1.69. The summed E-state index contributed by atoms with van der Waals surface area (Å²) in [5.74, 6) is 2.40. The molecule has 2 aromatic rings. The molecule has 0 amide bonds. The summed E-state index contributed by atoms with van der Waals surface area (Å²) in [6, 6.07) is 12.2. The molecular weight excluding hydrogens is 404 g/mol. The number of aromatic hydroxyl groups is 2. The first-order valence-corrected chi connectivity index (χ1v) is 14.0. The number of benzene rings is 2. The van der Waals surface area contributed by atoms with Gasteiger partial charge in [-0.3, -0.25) is 0 Å². The highest BCUT2D eigenvalue weighted by Gasteiger charge is 2.27. The van der Waals surface area contributed by atoms with E-state index in [9.17, 15) is 10.2 Å². The summed E-state index contributed by atoms with van der Waals surface area (Å²) in [5, 5.41) is 19.3. The van der Waals surface area contributed by atoms with Crippen molar-refractivity contribution in [2.45, 2.75) is 44.8 Å². The molecule has 0 atom stereocenters. The average Bonchev–Trinajstić information content (AvgIpc) is 2.70. The molecule has 2 N–H and O–H groups in total. The van der Waals surface area contributed by atoms with Crippen LogP contribution in [-0.2, 0) is 28.8 Å². The second-order valence-corrected chi connectivity index (χ2v) is 13.1. The molecule has 0 aliphatic rings. The number of rotatable bonds is 12. The quantitative estimate of drug-likeness (QED) is 0.219. The Morgan fingerprint density at radius 1 is 0.828 bits per heavy atom. The number of hydrogen-bond donors (Lipinski definition) is 2. The van der Waals surface area contributed by atoms with Gasteiger partial charge in [-0.15, -0.1) is 0 Å². The Kier molecular flexibility index (Phi) is 9.20. The molecule has 7 heteroatoms. The molecule has 0 aliphatic carbocycles. The lowest BCUT2D eigenvalue weighted by Gasteiger charge is -2.16. The lowest BCUT2D eigenvalue weighted by Crippen LogP contribution is -2.30. The number of ether oxygens (including phenoxy) is 2. The molecule has 2 rings (SSSR count). The van der Waals surface area contributed by atoms with E-state index < -0.39 is 8.32 Å². The van der Waals surface area contributed by atoms with Crippen molar-refractivity contribution in [2.75, 3.05) is 20.0 Å². The van der Waals surface area contributed by atoms with Gasteiger partial charge in [0.05, 0.1) is 14.2 Å². The fraction of sp³-hybridized carbons (Fsp3) is 0.455. The Morgan fingerprint density at radius 3 is 1.86 bits per heavy atom. The molecule has 160 valence electrons. The van der Waals surface area contributed by atoms with Crippen LogP contribution < -0.4 is 9.47 Å². The molecule has 0 fully saturated rings. The summed E-state index contributed by atoms with van der Waals surface area (Å²) in [7, 11) is 1.45. The summed E-state index contributed by atoms with van der Waals surface area (Å²) in [6.45, 7) is 4.53. The van der Waals surface area contributed by atoms with Crippen LogP contribution in [0.25, 0.3) is 0 Å². The van der Waals surface area contributed by atoms with Crippen LogP contribution in [0.4, 0.5) is 0 Å². The van der Waals surface area contributed by atoms with E-state index >= 15 is 0 Å². The minimum absolute atomic E-state index is 0.177. The fourth-order valence-corrected chi connectivity index (χ4v) is 6.53. The van der Waals surface area contributed by atoms with Crippen LogP contribution in [0, 0.1) is 0 Å². The maximum Gasteiger partial charge on any atom is 0.262 e. The Labute approximate surface area is 179 Å². The number of phenols is 2. The van der Waals surface area contributed by atoms with Crippen LogP contribution in [0.2, 0.25) is 19.1 Å². The van der Waals surface area contributed by atoms with Gasteiger partial charge in [0.2, 0.25) is 0 Å². The van der Waals surface area contributed by atoms with Gasteiger partial charge < -0.3 is 19.7 Å². The third-order valence-electron chi connectivity index (χ3n) is 4.76. The van der Waals surface area contributed by atoms with Gasteiger partial charge in [-0.2, -0.15) is 0 Å². The summed E-state index contributed by atoms with van der Waals surface area (Å²) >= 11 is 1.05. The highest BCUT2D eigenvalue weighted by molar-refractivity contribution is 7.74. The van der Waals surface area contributed by atoms with Gasteiger partial charge >= 0.3 is 0 Å². The first-order valence-electron chi connectivity index (χ1n) is 9.91. The molecule has 29 heavy (non-hydrogen) atoms. The fourth-order valence-electron chi connectivity index (χ4n) is 3.09. The SMILES string of the molecule is COc1cc(CCC[SH+]O[Si](C)(C)CCCc2ccc(O)c(OC)c2)ccc1O. The van der Waals surface area contributed by atoms with E-state index in [0.717, 1.165) is 55.1 Å². The van der Waals surface area contributed by atoms with Crippen LogP contribution >= 0.6 is 0 Å². The molecule has 2 aromatic carbocycles. The summed E-state index contributed by atoms with van der Waals surface area (Å²) in [4.78, 5) is 0. The maximum atomic E-state index is 9.69. The molecule has 0 bridgehead atoms. The van der Waals surface area contributed by atoms with Gasteiger partial charge in [-0.25, -0.2) is 3.87 Å². The summed E-state index contributed by atoms with van der Waals surface area (Å²) < 4.78 is 16.5. The predicted molar refractivity (Wildman–Crippen MR) is 123 cm³/mol. The number of methoxy groups -OCH3 is 2. The van der Waals surface area contributed by atoms with Crippen molar-refractivity contribution in [3.05, 3.63) is 47.5 Å². The van der Waals surface area contributed by atoms with Gasteiger partial charge in [0.1, 0.15) is 17.8 Å². The van der Waals surface area contributed by atoms with Crippen LogP contribution in [0.15, 0.2) is 36.4 Å². The average molecular weight is 438 g/mol. The van der Waals surface area contributed by atoms with E-state index in [4.69, 9.17) is 13.3 Å². The number of aryl methyl sites for hydroxylation is 2. The zero-order valence-corrected chi connectivity index (χ0v) is 19.7. The monoisotopic (exact) mass is 437 g/mol. The Hall–Kier alpha value is -1.83.